The summed E-state index contributed by atoms with van der Waals surface area (Å²) >= 11 is 1.35. The van der Waals surface area contributed by atoms with Crippen LogP contribution in [0.25, 0.3) is 0 Å². The maximum absolute atomic E-state index is 12.8. The first kappa shape index (κ1) is 29.6. The summed E-state index contributed by atoms with van der Waals surface area (Å²) in [7, 11) is -1.92. The van der Waals surface area contributed by atoms with E-state index in [1.165, 1.54) is 29.7 Å². The van der Waals surface area contributed by atoms with Gasteiger partial charge in [-0.3, -0.25) is 4.79 Å². The monoisotopic (exact) mass is 543 g/mol. The van der Waals surface area contributed by atoms with Gasteiger partial charge in [0.05, 0.1) is 6.10 Å². The van der Waals surface area contributed by atoms with Gasteiger partial charge in [0.25, 0.3) is 0 Å². The number of amides is 1. The van der Waals surface area contributed by atoms with Gasteiger partial charge >= 0.3 is 5.97 Å². The zero-order valence-electron chi connectivity index (χ0n) is 23.5. The molecular formula is C30H45NO4SSi. The molecule has 2 atom stereocenters. The summed E-state index contributed by atoms with van der Waals surface area (Å²) in [4.78, 5) is 27.4. The Labute approximate surface area is 228 Å². The van der Waals surface area contributed by atoms with E-state index in [4.69, 9.17) is 9.53 Å². The number of carbonyl (C=O) groups excluding carboxylic acids is 1. The van der Waals surface area contributed by atoms with Gasteiger partial charge in [0.1, 0.15) is 4.88 Å². The van der Waals surface area contributed by atoms with Crippen LogP contribution in [-0.4, -0.2) is 31.3 Å². The van der Waals surface area contributed by atoms with E-state index >= 15 is 0 Å². The van der Waals surface area contributed by atoms with Gasteiger partial charge in [-0.25, -0.2) is 4.79 Å². The van der Waals surface area contributed by atoms with Crippen LogP contribution in [0.4, 0.5) is 5.69 Å². The van der Waals surface area contributed by atoms with E-state index in [9.17, 15) is 9.59 Å². The molecule has 0 saturated carbocycles. The van der Waals surface area contributed by atoms with Crippen LogP contribution >= 0.6 is 11.3 Å². The van der Waals surface area contributed by atoms with E-state index in [1.807, 2.05) is 11.0 Å². The summed E-state index contributed by atoms with van der Waals surface area (Å²) in [6.07, 6.45) is 8.84. The number of hydrogen-bond acceptors (Lipinski definition) is 4. The Hall–Kier alpha value is -1.96. The van der Waals surface area contributed by atoms with Gasteiger partial charge in [0, 0.05) is 23.0 Å². The second kappa shape index (κ2) is 12.7. The molecular weight excluding hydrogens is 498 g/mol. The Morgan fingerprint density at radius 1 is 1.14 bits per heavy atom. The normalized spacial score (nSPS) is 17.4. The van der Waals surface area contributed by atoms with Gasteiger partial charge in [-0.05, 0) is 80.1 Å². The highest BCUT2D eigenvalue weighted by Crippen LogP contribution is 2.41. The zero-order chi connectivity index (χ0) is 27.2. The minimum Gasteiger partial charge on any atom is -0.477 e. The fourth-order valence-electron chi connectivity index (χ4n) is 4.77. The number of carboxylic acid groups (broad SMARTS) is 1. The number of aromatic carboxylic acids is 1. The maximum atomic E-state index is 12.8. The average Bonchev–Trinajstić information content (AvgIpc) is 3.45. The fourth-order valence-corrected chi connectivity index (χ4v) is 6.97. The number of carboxylic acids is 1. The molecule has 1 fully saturated rings. The van der Waals surface area contributed by atoms with Crippen molar-refractivity contribution in [1.82, 2.24) is 0 Å². The van der Waals surface area contributed by atoms with Gasteiger partial charge in [0.2, 0.25) is 5.91 Å². The molecule has 1 aliphatic heterocycles. The van der Waals surface area contributed by atoms with Crippen molar-refractivity contribution in [3.63, 3.8) is 0 Å². The molecule has 3 rings (SSSR count). The summed E-state index contributed by atoms with van der Waals surface area (Å²) in [6, 6.07) is 12.3. The van der Waals surface area contributed by atoms with Gasteiger partial charge in [-0.15, -0.1) is 11.3 Å². The summed E-state index contributed by atoms with van der Waals surface area (Å²) in [5, 5.41) is 9.30. The second-order valence-corrected chi connectivity index (χ2v) is 17.8. The van der Waals surface area contributed by atoms with E-state index < -0.39 is 14.3 Å². The van der Waals surface area contributed by atoms with Gasteiger partial charge in [-0.2, -0.15) is 0 Å². The first-order valence-corrected chi connectivity index (χ1v) is 17.6. The molecule has 2 heterocycles. The predicted octanol–water partition coefficient (Wildman–Crippen LogP) is 8.61. The summed E-state index contributed by atoms with van der Waals surface area (Å²) in [6.45, 7) is 13.7. The van der Waals surface area contributed by atoms with Crippen molar-refractivity contribution in [2.24, 2.45) is 0 Å². The number of hydrogen-bond donors (Lipinski definition) is 1. The minimum absolute atomic E-state index is 0.0908. The Morgan fingerprint density at radius 2 is 1.84 bits per heavy atom. The summed E-state index contributed by atoms with van der Waals surface area (Å²) < 4.78 is 6.88. The number of thiophene rings is 1. The van der Waals surface area contributed by atoms with Crippen molar-refractivity contribution in [3.05, 3.63) is 51.7 Å². The molecule has 0 bridgehead atoms. The van der Waals surface area contributed by atoms with E-state index in [1.54, 1.807) is 6.07 Å². The molecule has 37 heavy (non-hydrogen) atoms. The predicted molar refractivity (Wildman–Crippen MR) is 156 cm³/mol. The van der Waals surface area contributed by atoms with Crippen LogP contribution in [-0.2, 0) is 15.6 Å². The van der Waals surface area contributed by atoms with Crippen LogP contribution in [0.15, 0.2) is 36.4 Å². The van der Waals surface area contributed by atoms with Crippen molar-refractivity contribution in [2.75, 3.05) is 4.90 Å². The molecule has 0 radical (unpaired) electrons. The summed E-state index contributed by atoms with van der Waals surface area (Å²) in [5.41, 5.74) is 2.18. The maximum Gasteiger partial charge on any atom is 0.345 e. The third kappa shape index (κ3) is 7.77. The van der Waals surface area contributed by atoms with Crippen LogP contribution in [0.1, 0.15) is 105 Å². The van der Waals surface area contributed by atoms with E-state index in [-0.39, 0.29) is 23.1 Å². The van der Waals surface area contributed by atoms with Gasteiger partial charge in [-0.1, -0.05) is 59.1 Å². The Kier molecular flexibility index (Phi) is 10.2. The quantitative estimate of drug-likeness (QED) is 0.203. The van der Waals surface area contributed by atoms with Crippen molar-refractivity contribution in [3.8, 4) is 0 Å². The molecule has 1 saturated heterocycles. The largest absolute Gasteiger partial charge is 0.477 e. The van der Waals surface area contributed by atoms with Crippen molar-refractivity contribution in [2.45, 2.75) is 116 Å². The standard InChI is InChI=1S/C30H45NO4SSi/c1-7-8-9-13-26(35-37(5,6)30(2,3)4)22-14-16-24(17-15-22)31-23(18-21-28(31)32)11-10-12-25-19-20-27(36-25)29(33)34/h14-17,19-20,23,26H,7-13,18,21H2,1-6H3,(H,33,34)/t23?,26-/m0/s1. The Morgan fingerprint density at radius 3 is 2.43 bits per heavy atom. The van der Waals surface area contributed by atoms with Crippen LogP contribution < -0.4 is 4.90 Å². The molecule has 2 aromatic rings. The number of benzene rings is 1. The average molecular weight is 544 g/mol. The van der Waals surface area contributed by atoms with Crippen LogP contribution in [0.2, 0.25) is 18.1 Å². The molecule has 5 nitrogen and oxygen atoms in total. The Bertz CT molecular complexity index is 1040. The molecule has 1 aromatic heterocycles. The Balaban J connectivity index is 1.68. The molecule has 1 aromatic carbocycles. The zero-order valence-corrected chi connectivity index (χ0v) is 25.3. The molecule has 0 aliphatic carbocycles. The molecule has 1 N–H and O–H groups in total. The highest BCUT2D eigenvalue weighted by molar-refractivity contribution is 7.13. The lowest BCUT2D eigenvalue weighted by molar-refractivity contribution is -0.117. The van der Waals surface area contributed by atoms with E-state index in [0.717, 1.165) is 49.1 Å². The molecule has 1 amide bonds. The highest BCUT2D eigenvalue weighted by Gasteiger charge is 2.39. The van der Waals surface area contributed by atoms with Gasteiger partial charge < -0.3 is 14.4 Å². The van der Waals surface area contributed by atoms with Crippen molar-refractivity contribution in [1.29, 1.82) is 0 Å². The number of aryl methyl sites for hydroxylation is 1. The lowest BCUT2D eigenvalue weighted by Gasteiger charge is -2.39. The number of anilines is 1. The summed E-state index contributed by atoms with van der Waals surface area (Å²) in [5.74, 6) is -0.673. The minimum atomic E-state index is -1.92. The number of unbranched alkanes of at least 4 members (excludes halogenated alkanes) is 2. The lowest BCUT2D eigenvalue weighted by atomic mass is 10.0. The first-order chi connectivity index (χ1) is 17.4. The second-order valence-electron chi connectivity index (χ2n) is 11.9. The van der Waals surface area contributed by atoms with Crippen LogP contribution in [0.3, 0.4) is 0 Å². The lowest BCUT2D eigenvalue weighted by Crippen LogP contribution is -2.41. The van der Waals surface area contributed by atoms with E-state index in [2.05, 4.69) is 65.1 Å². The smallest absolute Gasteiger partial charge is 0.345 e. The topological polar surface area (TPSA) is 66.8 Å². The fraction of sp³-hybridized carbons (Fsp3) is 0.600. The number of nitrogens with zero attached hydrogens (tertiary/aromatic N) is 1. The molecule has 0 spiro atoms. The van der Waals surface area contributed by atoms with Gasteiger partial charge in [0.15, 0.2) is 8.32 Å². The van der Waals surface area contributed by atoms with Crippen molar-refractivity contribution >= 4 is 37.2 Å². The SMILES string of the molecule is CCCCC[C@H](O[Si](C)(C)C(C)(C)C)c1ccc(N2C(=O)CCC2CCCc2ccc(C(=O)O)s2)cc1. The third-order valence-corrected chi connectivity index (χ3v) is 13.6. The highest BCUT2D eigenvalue weighted by atomic mass is 32.1. The van der Waals surface area contributed by atoms with Crippen LogP contribution in [0, 0.1) is 0 Å². The van der Waals surface area contributed by atoms with E-state index in [0.29, 0.717) is 11.3 Å². The molecule has 1 aliphatic rings. The first-order valence-electron chi connectivity index (χ1n) is 13.8. The molecule has 7 heteroatoms. The van der Waals surface area contributed by atoms with Crippen molar-refractivity contribution < 1.29 is 19.1 Å². The molecule has 204 valence electrons. The number of carbonyl (C=O) groups is 2. The molecule has 1 unspecified atom stereocenters. The van der Waals surface area contributed by atoms with Crippen LogP contribution in [0.5, 0.6) is 0 Å². The third-order valence-electron chi connectivity index (χ3n) is 8.01. The number of rotatable bonds is 13.